The first-order valence-corrected chi connectivity index (χ1v) is 10.1. The maximum Gasteiger partial charge on any atom is 0.244 e. The SMILES string of the molecule is CCCCN(CC)S(=O)(=O)c1cc(CNC2CC2)sc1C. The Morgan fingerprint density at radius 1 is 1.38 bits per heavy atom. The number of unbranched alkanes of at least 4 members (excludes halogenated alkanes) is 1. The molecule has 21 heavy (non-hydrogen) atoms. The molecule has 0 radical (unpaired) electrons. The van der Waals surface area contributed by atoms with Gasteiger partial charge in [0.2, 0.25) is 10.0 Å². The molecule has 6 heteroatoms. The van der Waals surface area contributed by atoms with E-state index in [-0.39, 0.29) is 0 Å². The maximum absolute atomic E-state index is 12.8. The van der Waals surface area contributed by atoms with Crippen LogP contribution in [-0.2, 0) is 16.6 Å². The first kappa shape index (κ1) is 16.9. The third-order valence-electron chi connectivity index (χ3n) is 3.80. The van der Waals surface area contributed by atoms with Crippen molar-refractivity contribution in [2.75, 3.05) is 13.1 Å². The lowest BCUT2D eigenvalue weighted by Gasteiger charge is -2.20. The van der Waals surface area contributed by atoms with E-state index in [0.717, 1.165) is 29.1 Å². The molecule has 1 aromatic rings. The van der Waals surface area contributed by atoms with E-state index in [9.17, 15) is 8.42 Å². The van der Waals surface area contributed by atoms with Crippen molar-refractivity contribution < 1.29 is 8.42 Å². The quantitative estimate of drug-likeness (QED) is 0.757. The van der Waals surface area contributed by atoms with Crippen LogP contribution in [0.1, 0.15) is 49.3 Å². The van der Waals surface area contributed by atoms with Crippen LogP contribution in [0.15, 0.2) is 11.0 Å². The number of thiophene rings is 1. The van der Waals surface area contributed by atoms with Crippen LogP contribution in [0.4, 0.5) is 0 Å². The smallest absolute Gasteiger partial charge is 0.244 e. The van der Waals surface area contributed by atoms with Crippen LogP contribution in [-0.4, -0.2) is 31.9 Å². The van der Waals surface area contributed by atoms with E-state index in [1.165, 1.54) is 12.8 Å². The lowest BCUT2D eigenvalue weighted by Crippen LogP contribution is -2.32. The van der Waals surface area contributed by atoms with Crippen molar-refractivity contribution >= 4 is 21.4 Å². The molecule has 1 aromatic heterocycles. The summed E-state index contributed by atoms with van der Waals surface area (Å²) < 4.78 is 27.1. The van der Waals surface area contributed by atoms with E-state index < -0.39 is 10.0 Å². The van der Waals surface area contributed by atoms with Crippen molar-refractivity contribution in [1.82, 2.24) is 9.62 Å². The first-order valence-electron chi connectivity index (χ1n) is 7.81. The van der Waals surface area contributed by atoms with Crippen LogP contribution in [0.3, 0.4) is 0 Å². The average Bonchev–Trinajstić information content (AvgIpc) is 3.19. The Bertz CT molecular complexity index is 562. The van der Waals surface area contributed by atoms with Gasteiger partial charge in [-0.05, 0) is 32.3 Å². The van der Waals surface area contributed by atoms with Gasteiger partial charge in [0.25, 0.3) is 0 Å². The highest BCUT2D eigenvalue weighted by molar-refractivity contribution is 7.89. The number of nitrogens with one attached hydrogen (secondary N) is 1. The van der Waals surface area contributed by atoms with Crippen molar-refractivity contribution in [2.24, 2.45) is 0 Å². The molecule has 1 saturated carbocycles. The maximum atomic E-state index is 12.8. The largest absolute Gasteiger partial charge is 0.309 e. The molecule has 0 amide bonds. The zero-order chi connectivity index (χ0) is 15.5. The van der Waals surface area contributed by atoms with Gasteiger partial charge in [0.05, 0.1) is 4.90 Å². The second-order valence-corrected chi connectivity index (χ2v) is 8.89. The molecule has 0 atom stereocenters. The summed E-state index contributed by atoms with van der Waals surface area (Å²) in [5, 5.41) is 3.44. The van der Waals surface area contributed by atoms with Gasteiger partial charge in [-0.1, -0.05) is 20.3 Å². The summed E-state index contributed by atoms with van der Waals surface area (Å²) in [5.74, 6) is 0. The molecule has 1 heterocycles. The Hall–Kier alpha value is -0.430. The highest BCUT2D eigenvalue weighted by Gasteiger charge is 2.27. The Morgan fingerprint density at radius 3 is 2.67 bits per heavy atom. The molecule has 2 rings (SSSR count). The van der Waals surface area contributed by atoms with Crippen LogP contribution in [0, 0.1) is 6.92 Å². The summed E-state index contributed by atoms with van der Waals surface area (Å²) in [6.07, 6.45) is 4.41. The number of hydrogen-bond donors (Lipinski definition) is 1. The fourth-order valence-electron chi connectivity index (χ4n) is 2.32. The van der Waals surface area contributed by atoms with Gasteiger partial charge in [0, 0.05) is 35.4 Å². The highest BCUT2D eigenvalue weighted by atomic mass is 32.2. The third-order valence-corrected chi connectivity index (χ3v) is 7.08. The predicted molar refractivity (Wildman–Crippen MR) is 88.3 cm³/mol. The first-order chi connectivity index (χ1) is 9.98. The molecule has 0 saturated heterocycles. The molecule has 1 N–H and O–H groups in total. The summed E-state index contributed by atoms with van der Waals surface area (Å²) in [6, 6.07) is 2.50. The molecule has 4 nitrogen and oxygen atoms in total. The van der Waals surface area contributed by atoms with E-state index >= 15 is 0 Å². The lowest BCUT2D eigenvalue weighted by molar-refractivity contribution is 0.419. The topological polar surface area (TPSA) is 49.4 Å². The fraction of sp³-hybridized carbons (Fsp3) is 0.733. The van der Waals surface area contributed by atoms with Gasteiger partial charge >= 0.3 is 0 Å². The van der Waals surface area contributed by atoms with E-state index in [0.29, 0.717) is 24.0 Å². The molecular weight excluding hydrogens is 304 g/mol. The van der Waals surface area contributed by atoms with Gasteiger partial charge < -0.3 is 5.32 Å². The molecule has 1 aliphatic rings. The van der Waals surface area contributed by atoms with Crippen molar-refractivity contribution in [1.29, 1.82) is 0 Å². The van der Waals surface area contributed by atoms with Gasteiger partial charge in [0.1, 0.15) is 0 Å². The molecule has 0 spiro atoms. The summed E-state index contributed by atoms with van der Waals surface area (Å²) in [6.45, 7) is 7.83. The van der Waals surface area contributed by atoms with Crippen molar-refractivity contribution in [3.63, 3.8) is 0 Å². The number of aryl methyl sites for hydroxylation is 1. The van der Waals surface area contributed by atoms with Crippen LogP contribution in [0.5, 0.6) is 0 Å². The Morgan fingerprint density at radius 2 is 2.10 bits per heavy atom. The average molecular weight is 331 g/mol. The van der Waals surface area contributed by atoms with E-state index in [4.69, 9.17) is 0 Å². The second kappa shape index (κ2) is 7.22. The zero-order valence-electron chi connectivity index (χ0n) is 13.2. The number of sulfonamides is 1. The molecular formula is C15H26N2O2S2. The summed E-state index contributed by atoms with van der Waals surface area (Å²) in [7, 11) is -3.34. The fourth-order valence-corrected chi connectivity index (χ4v) is 5.36. The third kappa shape index (κ3) is 4.28. The summed E-state index contributed by atoms with van der Waals surface area (Å²) >= 11 is 1.59. The molecule has 0 aliphatic heterocycles. The van der Waals surface area contributed by atoms with E-state index in [1.54, 1.807) is 15.6 Å². The zero-order valence-corrected chi connectivity index (χ0v) is 14.8. The van der Waals surface area contributed by atoms with Crippen LogP contribution in [0.25, 0.3) is 0 Å². The van der Waals surface area contributed by atoms with Gasteiger partial charge in [0.15, 0.2) is 0 Å². The monoisotopic (exact) mass is 330 g/mol. The standard InChI is InChI=1S/C15H26N2O2S2/c1-4-6-9-17(5-2)21(18,19)15-10-14(20-12(15)3)11-16-13-7-8-13/h10,13,16H,4-9,11H2,1-3H3. The molecule has 0 unspecified atom stereocenters. The van der Waals surface area contributed by atoms with Gasteiger partial charge in [-0.2, -0.15) is 4.31 Å². The normalized spacial score (nSPS) is 15.8. The molecule has 1 fully saturated rings. The lowest BCUT2D eigenvalue weighted by atomic mass is 10.3. The Balaban J connectivity index is 2.13. The van der Waals surface area contributed by atoms with Crippen LogP contribution < -0.4 is 5.32 Å². The highest BCUT2D eigenvalue weighted by Crippen LogP contribution is 2.29. The van der Waals surface area contributed by atoms with Gasteiger partial charge in [-0.25, -0.2) is 8.42 Å². The predicted octanol–water partition coefficient (Wildman–Crippen LogP) is 3.12. The van der Waals surface area contributed by atoms with Crippen LogP contribution in [0.2, 0.25) is 0 Å². The van der Waals surface area contributed by atoms with E-state index in [1.807, 2.05) is 19.9 Å². The number of hydrogen-bond acceptors (Lipinski definition) is 4. The summed E-state index contributed by atoms with van der Waals surface area (Å²) in [4.78, 5) is 2.51. The molecule has 0 aromatic carbocycles. The molecule has 1 aliphatic carbocycles. The number of nitrogens with zero attached hydrogens (tertiary/aromatic N) is 1. The minimum atomic E-state index is -3.34. The summed E-state index contributed by atoms with van der Waals surface area (Å²) in [5.41, 5.74) is 0. The van der Waals surface area contributed by atoms with E-state index in [2.05, 4.69) is 12.2 Å². The minimum Gasteiger partial charge on any atom is -0.309 e. The Kier molecular flexibility index (Phi) is 5.82. The molecule has 120 valence electrons. The van der Waals surface area contributed by atoms with Crippen molar-refractivity contribution in [2.45, 2.75) is 63.9 Å². The Labute approximate surface area is 132 Å². The van der Waals surface area contributed by atoms with Gasteiger partial charge in [-0.15, -0.1) is 11.3 Å². The second-order valence-electron chi connectivity index (χ2n) is 5.64. The van der Waals surface area contributed by atoms with Crippen LogP contribution >= 0.6 is 11.3 Å². The van der Waals surface area contributed by atoms with Crippen molar-refractivity contribution in [3.8, 4) is 0 Å². The van der Waals surface area contributed by atoms with Crippen molar-refractivity contribution in [3.05, 3.63) is 15.8 Å². The molecule has 0 bridgehead atoms. The van der Waals surface area contributed by atoms with Gasteiger partial charge in [-0.3, -0.25) is 0 Å². The number of rotatable bonds is 9. The minimum absolute atomic E-state index is 0.498.